The van der Waals surface area contributed by atoms with Crippen molar-refractivity contribution < 1.29 is 23.4 Å². The van der Waals surface area contributed by atoms with Crippen LogP contribution in [0.1, 0.15) is 27.0 Å². The van der Waals surface area contributed by atoms with E-state index in [0.717, 1.165) is 16.9 Å². The summed E-state index contributed by atoms with van der Waals surface area (Å²) in [7, 11) is 1.62. The van der Waals surface area contributed by atoms with Gasteiger partial charge in [0.2, 0.25) is 5.78 Å². The Morgan fingerprint density at radius 1 is 1.07 bits per heavy atom. The van der Waals surface area contributed by atoms with Crippen LogP contribution in [-0.4, -0.2) is 12.9 Å². The van der Waals surface area contributed by atoms with Gasteiger partial charge in [0, 0.05) is 11.1 Å². The fraction of sp³-hybridized carbons (Fsp3) is 0.125. The molecule has 29 heavy (non-hydrogen) atoms. The molecule has 5 heteroatoms. The van der Waals surface area contributed by atoms with Crippen LogP contribution in [0.2, 0.25) is 0 Å². The predicted octanol–water partition coefficient (Wildman–Crippen LogP) is 5.34. The average molecular weight is 390 g/mol. The van der Waals surface area contributed by atoms with Gasteiger partial charge in [-0.15, -0.1) is 0 Å². The maximum atomic E-state index is 13.9. The van der Waals surface area contributed by atoms with E-state index in [1.807, 2.05) is 31.2 Å². The third-order valence-corrected chi connectivity index (χ3v) is 4.76. The predicted molar refractivity (Wildman–Crippen MR) is 108 cm³/mol. The van der Waals surface area contributed by atoms with Crippen LogP contribution in [0.3, 0.4) is 0 Å². The van der Waals surface area contributed by atoms with Gasteiger partial charge in [0.25, 0.3) is 0 Å². The molecule has 0 atom stereocenters. The maximum absolute atomic E-state index is 13.9. The van der Waals surface area contributed by atoms with Gasteiger partial charge in [0.05, 0.1) is 12.7 Å². The third kappa shape index (κ3) is 3.72. The number of hydrogen-bond donors (Lipinski definition) is 0. The monoisotopic (exact) mass is 390 g/mol. The van der Waals surface area contributed by atoms with Crippen molar-refractivity contribution in [3.05, 3.63) is 94.5 Å². The number of carbonyl (C=O) groups is 1. The summed E-state index contributed by atoms with van der Waals surface area (Å²) in [6.45, 7) is 2.18. The molecule has 0 unspecified atom stereocenters. The van der Waals surface area contributed by atoms with Crippen LogP contribution in [0, 0.1) is 12.7 Å². The summed E-state index contributed by atoms with van der Waals surface area (Å²) >= 11 is 0. The Balaban J connectivity index is 1.57. The Bertz CT molecular complexity index is 1120. The molecule has 1 aliphatic heterocycles. The van der Waals surface area contributed by atoms with Gasteiger partial charge in [-0.3, -0.25) is 4.79 Å². The van der Waals surface area contributed by atoms with Crippen LogP contribution in [0.5, 0.6) is 17.2 Å². The molecule has 0 aromatic heterocycles. The number of carbonyl (C=O) groups excluding carboxylic acids is 1. The number of halogens is 1. The molecule has 0 saturated carbocycles. The van der Waals surface area contributed by atoms with E-state index in [-0.39, 0.29) is 11.5 Å². The fourth-order valence-corrected chi connectivity index (χ4v) is 3.18. The second-order valence-electron chi connectivity index (χ2n) is 6.67. The summed E-state index contributed by atoms with van der Waals surface area (Å²) in [5.41, 5.74) is 2.42. The first-order chi connectivity index (χ1) is 14.1. The lowest BCUT2D eigenvalue weighted by Crippen LogP contribution is -1.99. The second-order valence-corrected chi connectivity index (χ2v) is 6.67. The van der Waals surface area contributed by atoms with Crippen LogP contribution >= 0.6 is 0 Å². The quantitative estimate of drug-likeness (QED) is 0.552. The number of hydrogen-bond acceptors (Lipinski definition) is 4. The lowest BCUT2D eigenvalue weighted by Gasteiger charge is -2.12. The highest BCUT2D eigenvalue weighted by Crippen LogP contribution is 2.39. The largest absolute Gasteiger partial charge is 0.497 e. The van der Waals surface area contributed by atoms with E-state index in [9.17, 15) is 9.18 Å². The summed E-state index contributed by atoms with van der Waals surface area (Å²) in [5, 5.41) is 0. The minimum absolute atomic E-state index is 0.0955. The number of ether oxygens (including phenoxy) is 3. The smallest absolute Gasteiger partial charge is 0.231 e. The zero-order chi connectivity index (χ0) is 20.4. The standard InChI is InChI=1S/C24H19FO4/c1-15-21(28-14-16-6-5-8-18(12-16)27-2)11-10-19-23(26)22(29-24(15)19)13-17-7-3-4-9-20(17)25/h3-13H,14H2,1-2H3/b22-13-. The van der Waals surface area contributed by atoms with Crippen LogP contribution in [0.25, 0.3) is 6.08 Å². The van der Waals surface area contributed by atoms with E-state index in [2.05, 4.69) is 0 Å². The normalized spacial score (nSPS) is 13.9. The van der Waals surface area contributed by atoms with Crippen molar-refractivity contribution in [2.45, 2.75) is 13.5 Å². The second kappa shape index (κ2) is 7.80. The Labute approximate surface area is 168 Å². The minimum Gasteiger partial charge on any atom is -0.497 e. The summed E-state index contributed by atoms with van der Waals surface area (Å²) in [5.74, 6) is 1.23. The van der Waals surface area contributed by atoms with E-state index in [1.165, 1.54) is 12.1 Å². The Morgan fingerprint density at radius 2 is 1.90 bits per heavy atom. The molecule has 0 radical (unpaired) electrons. The highest BCUT2D eigenvalue weighted by Gasteiger charge is 2.30. The van der Waals surface area contributed by atoms with Crippen LogP contribution < -0.4 is 14.2 Å². The van der Waals surface area contributed by atoms with Gasteiger partial charge in [0.1, 0.15) is 29.7 Å². The van der Waals surface area contributed by atoms with Crippen molar-refractivity contribution in [1.82, 2.24) is 0 Å². The van der Waals surface area contributed by atoms with Crippen molar-refractivity contribution in [2.75, 3.05) is 7.11 Å². The molecule has 0 bridgehead atoms. The van der Waals surface area contributed by atoms with Gasteiger partial charge in [-0.2, -0.15) is 0 Å². The Hall–Kier alpha value is -3.60. The molecule has 4 nitrogen and oxygen atoms in total. The molecule has 0 saturated heterocycles. The first-order valence-electron chi connectivity index (χ1n) is 9.15. The van der Waals surface area contributed by atoms with E-state index in [0.29, 0.717) is 29.2 Å². The number of rotatable bonds is 5. The Morgan fingerprint density at radius 3 is 2.69 bits per heavy atom. The maximum Gasteiger partial charge on any atom is 0.231 e. The minimum atomic E-state index is -0.411. The van der Waals surface area contributed by atoms with Crippen LogP contribution in [0.4, 0.5) is 4.39 Å². The van der Waals surface area contributed by atoms with Crippen LogP contribution in [-0.2, 0) is 6.61 Å². The highest BCUT2D eigenvalue weighted by atomic mass is 19.1. The highest BCUT2D eigenvalue weighted by molar-refractivity contribution is 6.15. The topological polar surface area (TPSA) is 44.8 Å². The van der Waals surface area contributed by atoms with Crippen molar-refractivity contribution in [2.24, 2.45) is 0 Å². The third-order valence-electron chi connectivity index (χ3n) is 4.76. The number of benzene rings is 3. The number of Topliss-reactive ketones (excluding diaryl/α,β-unsaturated/α-hetero) is 1. The van der Waals surface area contributed by atoms with E-state index >= 15 is 0 Å². The molecule has 146 valence electrons. The van der Waals surface area contributed by atoms with Gasteiger partial charge in [-0.25, -0.2) is 4.39 Å². The number of allylic oxidation sites excluding steroid dienone is 1. The SMILES string of the molecule is COc1cccc(COc2ccc3c(c2C)O/C(=C\c2ccccc2F)C3=O)c1. The molecule has 0 spiro atoms. The molecular weight excluding hydrogens is 371 g/mol. The first-order valence-corrected chi connectivity index (χ1v) is 9.15. The lowest BCUT2D eigenvalue weighted by atomic mass is 10.1. The van der Waals surface area contributed by atoms with Gasteiger partial charge < -0.3 is 14.2 Å². The molecule has 0 aliphatic carbocycles. The summed E-state index contributed by atoms with van der Waals surface area (Å²) < 4.78 is 30.9. The Kier molecular flexibility index (Phi) is 5.04. The number of ketones is 1. The molecule has 0 fully saturated rings. The van der Waals surface area contributed by atoms with E-state index < -0.39 is 5.82 Å². The van der Waals surface area contributed by atoms with E-state index in [1.54, 1.807) is 37.4 Å². The van der Waals surface area contributed by atoms with Crippen molar-refractivity contribution in [1.29, 1.82) is 0 Å². The molecular formula is C24H19FO4. The van der Waals surface area contributed by atoms with Crippen LogP contribution in [0.15, 0.2) is 66.4 Å². The van der Waals surface area contributed by atoms with E-state index in [4.69, 9.17) is 14.2 Å². The van der Waals surface area contributed by atoms with Gasteiger partial charge in [-0.05, 0) is 48.9 Å². The molecule has 1 aliphatic rings. The zero-order valence-corrected chi connectivity index (χ0v) is 16.1. The van der Waals surface area contributed by atoms with Crippen molar-refractivity contribution >= 4 is 11.9 Å². The number of methoxy groups -OCH3 is 1. The molecule has 3 aromatic carbocycles. The lowest BCUT2D eigenvalue weighted by molar-refractivity contribution is 0.101. The molecule has 0 N–H and O–H groups in total. The summed E-state index contributed by atoms with van der Waals surface area (Å²) in [4.78, 5) is 12.7. The van der Waals surface area contributed by atoms with Crippen molar-refractivity contribution in [3.63, 3.8) is 0 Å². The van der Waals surface area contributed by atoms with Gasteiger partial charge >= 0.3 is 0 Å². The van der Waals surface area contributed by atoms with Gasteiger partial charge in [0.15, 0.2) is 5.76 Å². The van der Waals surface area contributed by atoms with Crippen molar-refractivity contribution in [3.8, 4) is 17.2 Å². The average Bonchev–Trinajstić information content (AvgIpc) is 3.06. The molecule has 0 amide bonds. The molecule has 1 heterocycles. The zero-order valence-electron chi connectivity index (χ0n) is 16.1. The first kappa shape index (κ1) is 18.7. The summed E-state index contributed by atoms with van der Waals surface area (Å²) in [6, 6.07) is 17.3. The fourth-order valence-electron chi connectivity index (χ4n) is 3.18. The number of fused-ring (bicyclic) bond motifs is 1. The summed E-state index contributed by atoms with van der Waals surface area (Å²) in [6.07, 6.45) is 1.42. The van der Waals surface area contributed by atoms with Gasteiger partial charge in [-0.1, -0.05) is 30.3 Å². The molecule has 4 rings (SSSR count). The molecule has 3 aromatic rings.